The molecule has 1 aromatic heterocycles. The Morgan fingerprint density at radius 2 is 2.03 bits per heavy atom. The number of anilines is 1. The summed E-state index contributed by atoms with van der Waals surface area (Å²) in [5, 5.41) is 8.37. The third-order valence-corrected chi connectivity index (χ3v) is 7.21. The molecule has 0 bridgehead atoms. The highest BCUT2D eigenvalue weighted by Crippen LogP contribution is 2.41. The van der Waals surface area contributed by atoms with E-state index >= 15 is 4.39 Å². The van der Waals surface area contributed by atoms with Gasteiger partial charge in [0, 0.05) is 30.6 Å². The van der Waals surface area contributed by atoms with Crippen molar-refractivity contribution < 1.29 is 13.9 Å². The minimum absolute atomic E-state index is 0.147. The summed E-state index contributed by atoms with van der Waals surface area (Å²) in [6.07, 6.45) is 8.12. The van der Waals surface area contributed by atoms with Crippen molar-refractivity contribution >= 4 is 11.6 Å². The molecule has 1 aliphatic heterocycles. The van der Waals surface area contributed by atoms with Crippen molar-refractivity contribution in [2.45, 2.75) is 71.3 Å². The van der Waals surface area contributed by atoms with E-state index in [1.165, 1.54) is 24.5 Å². The van der Waals surface area contributed by atoms with Crippen LogP contribution in [0.5, 0.6) is 0 Å². The van der Waals surface area contributed by atoms with Crippen molar-refractivity contribution in [1.82, 2.24) is 9.78 Å². The Kier molecular flexibility index (Phi) is 5.48. The maximum atomic E-state index is 15.4. The van der Waals surface area contributed by atoms with Crippen LogP contribution in [0, 0.1) is 17.2 Å². The van der Waals surface area contributed by atoms with E-state index < -0.39 is 11.7 Å². The summed E-state index contributed by atoms with van der Waals surface area (Å²) in [6.45, 7) is 5.87. The molecular weight excluding hydrogens is 407 g/mol. The largest absolute Gasteiger partial charge is 0.381 e. The lowest BCUT2D eigenvalue weighted by molar-refractivity contribution is 0.0904. The number of halogens is 1. The van der Waals surface area contributed by atoms with Gasteiger partial charge in [-0.3, -0.25) is 4.79 Å². The molecule has 6 nitrogen and oxygen atoms in total. The van der Waals surface area contributed by atoms with Crippen LogP contribution in [-0.2, 0) is 24.0 Å². The Balaban J connectivity index is 1.58. The first-order valence-corrected chi connectivity index (χ1v) is 11.9. The van der Waals surface area contributed by atoms with Gasteiger partial charge >= 0.3 is 0 Å². The Bertz CT molecular complexity index is 1040. The van der Waals surface area contributed by atoms with Crippen LogP contribution in [0.1, 0.15) is 73.3 Å². The number of nitrogens with one attached hydrogen (secondary N) is 1. The molecule has 0 unspecified atom stereocenters. The van der Waals surface area contributed by atoms with Crippen LogP contribution in [0.25, 0.3) is 5.69 Å². The molecule has 0 radical (unpaired) electrons. The lowest BCUT2D eigenvalue weighted by Gasteiger charge is -2.30. The van der Waals surface area contributed by atoms with E-state index in [0.29, 0.717) is 30.5 Å². The van der Waals surface area contributed by atoms with Gasteiger partial charge in [0.1, 0.15) is 11.5 Å². The van der Waals surface area contributed by atoms with Crippen molar-refractivity contribution in [3.8, 4) is 5.69 Å². The van der Waals surface area contributed by atoms with Crippen molar-refractivity contribution in [1.29, 1.82) is 0 Å². The molecule has 2 aliphatic carbocycles. The fourth-order valence-electron chi connectivity index (χ4n) is 5.08. The first-order valence-electron chi connectivity index (χ1n) is 11.9. The number of hydrogen-bond donors (Lipinski definition) is 2. The Labute approximate surface area is 188 Å². The summed E-state index contributed by atoms with van der Waals surface area (Å²) >= 11 is 0. The third kappa shape index (κ3) is 4.27. The molecule has 2 fully saturated rings. The second kappa shape index (κ2) is 8.18. The van der Waals surface area contributed by atoms with Crippen LogP contribution < -0.4 is 11.1 Å². The molecule has 172 valence electrons. The number of nitrogens with two attached hydrogens (primary N) is 1. The number of ether oxygens (including phenoxy) is 1. The van der Waals surface area contributed by atoms with E-state index in [2.05, 4.69) is 19.2 Å². The van der Waals surface area contributed by atoms with Gasteiger partial charge in [0.25, 0.3) is 5.91 Å². The van der Waals surface area contributed by atoms with Crippen molar-refractivity contribution in [2.24, 2.45) is 17.1 Å². The zero-order chi connectivity index (χ0) is 22.5. The SMILES string of the molecule is CC1(C)CCc2c(CC3CC3)nn(-c3cc(NC4CCOCC4)c(C(N)=O)cc3F)c2C1. The highest BCUT2D eigenvalue weighted by atomic mass is 19.1. The molecule has 2 aromatic rings. The van der Waals surface area contributed by atoms with Crippen LogP contribution in [0.15, 0.2) is 12.1 Å². The molecule has 32 heavy (non-hydrogen) atoms. The average Bonchev–Trinajstić information content (AvgIpc) is 3.50. The van der Waals surface area contributed by atoms with E-state index in [9.17, 15) is 4.79 Å². The Hall–Kier alpha value is -2.41. The van der Waals surface area contributed by atoms with Crippen molar-refractivity contribution in [2.75, 3.05) is 18.5 Å². The summed E-state index contributed by atoms with van der Waals surface area (Å²) in [5.74, 6) is -0.392. The summed E-state index contributed by atoms with van der Waals surface area (Å²) < 4.78 is 22.6. The number of primary amides is 1. The molecule has 1 aromatic carbocycles. The first kappa shape index (κ1) is 21.4. The molecular formula is C25H33FN4O2. The summed E-state index contributed by atoms with van der Waals surface area (Å²) in [7, 11) is 0. The van der Waals surface area contributed by atoms with E-state index in [4.69, 9.17) is 15.6 Å². The van der Waals surface area contributed by atoms with Gasteiger partial charge in [0.15, 0.2) is 0 Å². The quantitative estimate of drug-likeness (QED) is 0.706. The minimum Gasteiger partial charge on any atom is -0.381 e. The Morgan fingerprint density at radius 3 is 2.72 bits per heavy atom. The summed E-state index contributed by atoms with van der Waals surface area (Å²) in [4.78, 5) is 12.1. The summed E-state index contributed by atoms with van der Waals surface area (Å²) in [6, 6.07) is 3.15. The fourth-order valence-corrected chi connectivity index (χ4v) is 5.08. The first-order chi connectivity index (χ1) is 15.3. The number of nitrogens with zero attached hydrogens (tertiary/aromatic N) is 2. The molecule has 5 rings (SSSR count). The number of rotatable bonds is 6. The average molecular weight is 441 g/mol. The van der Waals surface area contributed by atoms with Gasteiger partial charge in [-0.2, -0.15) is 5.10 Å². The number of aromatic nitrogens is 2. The minimum atomic E-state index is -0.636. The van der Waals surface area contributed by atoms with E-state index in [0.717, 1.165) is 49.9 Å². The van der Waals surface area contributed by atoms with Gasteiger partial charge in [0.05, 0.1) is 11.3 Å². The predicted octanol–water partition coefficient (Wildman–Crippen LogP) is 4.17. The number of carbonyl (C=O) groups is 1. The number of amides is 1. The second-order valence-corrected chi connectivity index (χ2v) is 10.5. The standard InChI is InChI=1S/C25H33FN4O2/c1-25(2)8-5-17-21(11-15-3-4-15)29-30(23(17)14-25)22-13-20(18(24(27)31)12-19(22)26)28-16-6-9-32-10-7-16/h12-13,15-16,28H,3-11,14H2,1-2H3,(H2,27,31). The molecule has 1 amide bonds. The number of carbonyl (C=O) groups excluding carboxylic acids is 1. The number of fused-ring (bicyclic) bond motifs is 1. The van der Waals surface area contributed by atoms with Crippen LogP contribution in [0.2, 0.25) is 0 Å². The van der Waals surface area contributed by atoms with Crippen LogP contribution in [-0.4, -0.2) is 34.9 Å². The molecule has 3 N–H and O–H groups in total. The van der Waals surface area contributed by atoms with Crippen molar-refractivity contribution in [3.05, 3.63) is 40.5 Å². The lowest BCUT2D eigenvalue weighted by atomic mass is 9.76. The molecule has 0 spiro atoms. The van der Waals surface area contributed by atoms with Crippen LogP contribution in [0.4, 0.5) is 10.1 Å². The van der Waals surface area contributed by atoms with Crippen molar-refractivity contribution in [3.63, 3.8) is 0 Å². The van der Waals surface area contributed by atoms with E-state index in [1.54, 1.807) is 6.07 Å². The third-order valence-electron chi connectivity index (χ3n) is 7.21. The molecule has 7 heteroatoms. The van der Waals surface area contributed by atoms with Crippen LogP contribution in [0.3, 0.4) is 0 Å². The Morgan fingerprint density at radius 1 is 1.28 bits per heavy atom. The van der Waals surface area contributed by atoms with E-state index in [-0.39, 0.29) is 17.0 Å². The normalized spacial score (nSPS) is 20.7. The molecule has 1 saturated heterocycles. The lowest BCUT2D eigenvalue weighted by Crippen LogP contribution is -2.29. The topological polar surface area (TPSA) is 82.2 Å². The monoisotopic (exact) mass is 440 g/mol. The second-order valence-electron chi connectivity index (χ2n) is 10.5. The molecule has 1 saturated carbocycles. The van der Waals surface area contributed by atoms with Crippen LogP contribution >= 0.6 is 0 Å². The summed E-state index contributed by atoms with van der Waals surface area (Å²) in [5.41, 5.74) is 10.4. The highest BCUT2D eigenvalue weighted by molar-refractivity contribution is 5.99. The van der Waals surface area contributed by atoms with Gasteiger partial charge < -0.3 is 15.8 Å². The molecule has 2 heterocycles. The maximum absolute atomic E-state index is 15.4. The van der Waals surface area contributed by atoms with Gasteiger partial charge in [-0.05, 0) is 80.4 Å². The zero-order valence-corrected chi connectivity index (χ0v) is 19.0. The fraction of sp³-hybridized carbons (Fsp3) is 0.600. The highest BCUT2D eigenvalue weighted by Gasteiger charge is 2.34. The predicted molar refractivity (Wildman–Crippen MR) is 122 cm³/mol. The maximum Gasteiger partial charge on any atom is 0.250 e. The van der Waals surface area contributed by atoms with Gasteiger partial charge in [-0.15, -0.1) is 0 Å². The zero-order valence-electron chi connectivity index (χ0n) is 19.0. The van der Waals surface area contributed by atoms with Gasteiger partial charge in [-0.25, -0.2) is 9.07 Å². The molecule has 3 aliphatic rings. The van der Waals surface area contributed by atoms with Gasteiger partial charge in [0.2, 0.25) is 0 Å². The van der Waals surface area contributed by atoms with Gasteiger partial charge in [-0.1, -0.05) is 13.8 Å². The smallest absolute Gasteiger partial charge is 0.250 e. The number of benzene rings is 1. The molecule has 0 atom stereocenters. The number of hydrogen-bond acceptors (Lipinski definition) is 4. The van der Waals surface area contributed by atoms with E-state index in [1.807, 2.05) is 4.68 Å².